The van der Waals surface area contributed by atoms with Crippen molar-refractivity contribution in [3.05, 3.63) is 58.7 Å². The largest absolute Gasteiger partial charge is 0.344 e. The molecule has 0 bridgehead atoms. The molecule has 2 amide bonds. The number of nitrogens with one attached hydrogen (secondary N) is 2. The molecule has 1 aliphatic carbocycles. The maximum absolute atomic E-state index is 12.6. The molecule has 9 heteroatoms. The lowest BCUT2D eigenvalue weighted by atomic mass is 10.0. The average molecular weight is 426 g/mol. The van der Waals surface area contributed by atoms with Crippen molar-refractivity contribution in [1.29, 1.82) is 0 Å². The van der Waals surface area contributed by atoms with Crippen LogP contribution < -0.4 is 10.6 Å². The molecule has 1 aliphatic rings. The van der Waals surface area contributed by atoms with Gasteiger partial charge in [0, 0.05) is 16.9 Å². The van der Waals surface area contributed by atoms with Crippen LogP contribution in [0.15, 0.2) is 40.2 Å². The number of thiazole rings is 1. The molecule has 2 heterocycles. The van der Waals surface area contributed by atoms with Crippen LogP contribution in [-0.4, -0.2) is 26.9 Å². The third-order valence-corrected chi connectivity index (χ3v) is 5.61. The van der Waals surface area contributed by atoms with Crippen LogP contribution in [-0.2, 0) is 11.2 Å². The minimum absolute atomic E-state index is 0.0950. The van der Waals surface area contributed by atoms with Gasteiger partial charge >= 0.3 is 0 Å². The van der Waals surface area contributed by atoms with Crippen LogP contribution in [0.2, 0.25) is 0 Å². The van der Waals surface area contributed by atoms with E-state index in [4.69, 9.17) is 4.52 Å². The molecular formula is C21H23N5O3S. The van der Waals surface area contributed by atoms with Crippen LogP contribution in [0.5, 0.6) is 0 Å². The number of benzene rings is 1. The Hall–Kier alpha value is -3.07. The molecule has 1 aromatic carbocycles. The van der Waals surface area contributed by atoms with Crippen molar-refractivity contribution in [2.24, 2.45) is 5.92 Å². The molecular weight excluding hydrogens is 402 g/mol. The molecule has 4 rings (SSSR count). The van der Waals surface area contributed by atoms with Gasteiger partial charge in [0.05, 0.1) is 12.1 Å². The highest BCUT2D eigenvalue weighted by molar-refractivity contribution is 7.14. The van der Waals surface area contributed by atoms with Gasteiger partial charge in [-0.05, 0) is 30.9 Å². The molecule has 1 saturated carbocycles. The number of anilines is 1. The van der Waals surface area contributed by atoms with Gasteiger partial charge in [0.15, 0.2) is 11.0 Å². The Bertz CT molecular complexity index is 1030. The summed E-state index contributed by atoms with van der Waals surface area (Å²) in [7, 11) is 0. The Morgan fingerprint density at radius 3 is 2.67 bits per heavy atom. The smallest absolute Gasteiger partial charge is 0.257 e. The van der Waals surface area contributed by atoms with Gasteiger partial charge in [-0.25, -0.2) is 4.98 Å². The van der Waals surface area contributed by atoms with Crippen LogP contribution in [0.1, 0.15) is 66.4 Å². The van der Waals surface area contributed by atoms with Crippen molar-refractivity contribution in [2.75, 3.05) is 5.32 Å². The quantitative estimate of drug-likeness (QED) is 0.569. The van der Waals surface area contributed by atoms with E-state index in [9.17, 15) is 9.59 Å². The zero-order chi connectivity index (χ0) is 21.1. The van der Waals surface area contributed by atoms with E-state index < -0.39 is 0 Å². The van der Waals surface area contributed by atoms with Gasteiger partial charge in [-0.1, -0.05) is 37.2 Å². The molecule has 1 unspecified atom stereocenters. The van der Waals surface area contributed by atoms with E-state index in [1.165, 1.54) is 11.3 Å². The fourth-order valence-corrected chi connectivity index (χ4v) is 3.69. The number of carbonyl (C=O) groups is 2. The second-order valence-electron chi connectivity index (χ2n) is 7.70. The lowest BCUT2D eigenvalue weighted by molar-refractivity contribution is -0.121. The van der Waals surface area contributed by atoms with Crippen molar-refractivity contribution >= 4 is 28.3 Å². The van der Waals surface area contributed by atoms with Gasteiger partial charge in [-0.15, -0.1) is 11.3 Å². The third kappa shape index (κ3) is 4.91. The molecule has 0 radical (unpaired) electrons. The zero-order valence-corrected chi connectivity index (χ0v) is 17.6. The van der Waals surface area contributed by atoms with Crippen molar-refractivity contribution in [3.8, 4) is 0 Å². The summed E-state index contributed by atoms with van der Waals surface area (Å²) in [5.74, 6) is 1.23. The van der Waals surface area contributed by atoms with E-state index in [0.717, 1.165) is 18.7 Å². The minimum atomic E-state index is -0.353. The summed E-state index contributed by atoms with van der Waals surface area (Å²) < 4.78 is 5.39. The predicted molar refractivity (Wildman–Crippen MR) is 112 cm³/mol. The molecule has 30 heavy (non-hydrogen) atoms. The first-order chi connectivity index (χ1) is 14.5. The Kier molecular flexibility index (Phi) is 5.89. The summed E-state index contributed by atoms with van der Waals surface area (Å²) in [6.07, 6.45) is 2.28. The number of nitrogens with zero attached hydrogens (tertiary/aromatic N) is 3. The van der Waals surface area contributed by atoms with Gasteiger partial charge in [0.25, 0.3) is 5.91 Å². The second-order valence-corrected chi connectivity index (χ2v) is 8.55. The molecule has 8 nitrogen and oxygen atoms in total. The highest BCUT2D eigenvalue weighted by Gasteiger charge is 2.31. The zero-order valence-electron chi connectivity index (χ0n) is 16.8. The molecule has 0 saturated heterocycles. The fourth-order valence-electron chi connectivity index (χ4n) is 2.99. The number of amides is 2. The second kappa shape index (κ2) is 8.74. The molecule has 0 aliphatic heterocycles. The summed E-state index contributed by atoms with van der Waals surface area (Å²) in [6, 6.07) is 8.56. The number of rotatable bonds is 8. The Labute approximate surface area is 178 Å². The van der Waals surface area contributed by atoms with Crippen LogP contribution in [0, 0.1) is 5.92 Å². The van der Waals surface area contributed by atoms with E-state index in [1.54, 1.807) is 29.6 Å². The van der Waals surface area contributed by atoms with Gasteiger partial charge in [-0.3, -0.25) is 14.9 Å². The summed E-state index contributed by atoms with van der Waals surface area (Å²) in [4.78, 5) is 33.6. The molecule has 2 N–H and O–H groups in total. The van der Waals surface area contributed by atoms with Crippen LogP contribution in [0.4, 0.5) is 5.13 Å². The monoisotopic (exact) mass is 425 g/mol. The average Bonchev–Trinajstić information content (AvgIpc) is 3.31. The Balaban J connectivity index is 1.35. The van der Waals surface area contributed by atoms with Crippen molar-refractivity contribution in [1.82, 2.24) is 20.4 Å². The van der Waals surface area contributed by atoms with Gasteiger partial charge < -0.3 is 9.84 Å². The third-order valence-electron chi connectivity index (χ3n) is 4.80. The van der Waals surface area contributed by atoms with Crippen LogP contribution in [0.25, 0.3) is 0 Å². The number of carbonyl (C=O) groups excluding carboxylic acids is 2. The Morgan fingerprint density at radius 2 is 1.97 bits per heavy atom. The first-order valence-corrected chi connectivity index (χ1v) is 10.8. The summed E-state index contributed by atoms with van der Waals surface area (Å²) in [6.45, 7) is 3.98. The molecule has 1 fully saturated rings. The number of hydrogen-bond donors (Lipinski definition) is 2. The highest BCUT2D eigenvalue weighted by Crippen LogP contribution is 2.38. The maximum Gasteiger partial charge on any atom is 0.257 e. The van der Waals surface area contributed by atoms with E-state index in [1.807, 2.05) is 19.9 Å². The minimum Gasteiger partial charge on any atom is -0.344 e. The van der Waals surface area contributed by atoms with Crippen molar-refractivity contribution in [3.63, 3.8) is 0 Å². The normalized spacial score (nSPS) is 14.5. The summed E-state index contributed by atoms with van der Waals surface area (Å²) in [5, 5.41) is 12.0. The van der Waals surface area contributed by atoms with E-state index in [2.05, 4.69) is 25.8 Å². The van der Waals surface area contributed by atoms with Crippen molar-refractivity contribution < 1.29 is 14.1 Å². The highest BCUT2D eigenvalue weighted by atomic mass is 32.1. The van der Waals surface area contributed by atoms with E-state index >= 15 is 0 Å². The number of hydrogen-bond acceptors (Lipinski definition) is 7. The SMILES string of the molecule is CC(C)C(NC(=O)Cc1csc(NC(=O)c2ccccc2)n1)c1nc(C2CC2)no1. The lowest BCUT2D eigenvalue weighted by Gasteiger charge is -2.18. The summed E-state index contributed by atoms with van der Waals surface area (Å²) >= 11 is 1.29. The molecule has 2 aromatic heterocycles. The summed E-state index contributed by atoms with van der Waals surface area (Å²) in [5.41, 5.74) is 1.14. The van der Waals surface area contributed by atoms with Gasteiger partial charge in [0.1, 0.15) is 6.04 Å². The van der Waals surface area contributed by atoms with Crippen molar-refractivity contribution in [2.45, 2.75) is 45.1 Å². The standard InChI is InChI=1S/C21H23N5O3S/c1-12(2)17(20-24-18(26-29-20)13-8-9-13)23-16(27)10-15-11-30-21(22-15)25-19(28)14-6-4-3-5-7-14/h3-7,11-13,17H,8-10H2,1-2H3,(H,23,27)(H,22,25,28). The van der Waals surface area contributed by atoms with Gasteiger partial charge in [0.2, 0.25) is 11.8 Å². The van der Waals surface area contributed by atoms with Gasteiger partial charge in [-0.2, -0.15) is 4.98 Å². The predicted octanol–water partition coefficient (Wildman–Crippen LogP) is 3.71. The molecule has 3 aromatic rings. The van der Waals surface area contributed by atoms with E-state index in [-0.39, 0.29) is 30.2 Å². The topological polar surface area (TPSA) is 110 Å². The molecule has 0 spiro atoms. The van der Waals surface area contributed by atoms with Crippen LogP contribution >= 0.6 is 11.3 Å². The van der Waals surface area contributed by atoms with E-state index in [0.29, 0.717) is 28.2 Å². The van der Waals surface area contributed by atoms with Crippen LogP contribution in [0.3, 0.4) is 0 Å². The fraction of sp³-hybridized carbons (Fsp3) is 0.381. The Morgan fingerprint density at radius 1 is 1.20 bits per heavy atom. The first kappa shape index (κ1) is 20.2. The molecule has 1 atom stereocenters. The first-order valence-electron chi connectivity index (χ1n) is 9.93. The molecule has 156 valence electrons. The number of aromatic nitrogens is 3. The maximum atomic E-state index is 12.6. The lowest BCUT2D eigenvalue weighted by Crippen LogP contribution is -2.33.